The Morgan fingerprint density at radius 1 is 1.19 bits per heavy atom. The number of halogens is 2. The van der Waals surface area contributed by atoms with Crippen LogP contribution < -0.4 is 5.32 Å². The van der Waals surface area contributed by atoms with E-state index in [-0.39, 0.29) is 10.9 Å². The number of aryl methyl sites for hydroxylation is 2. The van der Waals surface area contributed by atoms with E-state index in [4.69, 9.17) is 11.6 Å². The second-order valence-corrected chi connectivity index (χ2v) is 5.17. The van der Waals surface area contributed by atoms with Crippen molar-refractivity contribution in [3.8, 4) is 0 Å². The highest BCUT2D eigenvalue weighted by Crippen LogP contribution is 2.20. The molecular weight excluding hydrogens is 289 g/mol. The van der Waals surface area contributed by atoms with Crippen LogP contribution in [-0.2, 0) is 4.79 Å². The van der Waals surface area contributed by atoms with Crippen LogP contribution in [0.5, 0.6) is 0 Å². The number of carbonyl (C=O) groups is 1. The number of hydrogen-bond acceptors (Lipinski definition) is 1. The Kier molecular flexibility index (Phi) is 4.76. The molecule has 1 N–H and O–H groups in total. The molecule has 0 saturated heterocycles. The number of nitrogens with one attached hydrogen (secondary N) is 1. The number of rotatable bonds is 3. The van der Waals surface area contributed by atoms with Crippen molar-refractivity contribution in [2.24, 2.45) is 0 Å². The van der Waals surface area contributed by atoms with Crippen molar-refractivity contribution >= 4 is 29.3 Å². The third-order valence-corrected chi connectivity index (χ3v) is 3.39. The molecule has 0 bridgehead atoms. The molecule has 2 aromatic rings. The monoisotopic (exact) mass is 303 g/mol. The van der Waals surface area contributed by atoms with Crippen molar-refractivity contribution in [1.29, 1.82) is 0 Å². The number of carbonyl (C=O) groups excluding carboxylic acids is 1. The molecule has 21 heavy (non-hydrogen) atoms. The standard InChI is InChI=1S/C17H15ClFNO/c1-11-4-3-5-12(2)17(11)20-16(21)9-7-13-6-8-15(19)14(18)10-13/h3-10H,1-2H3,(H,20,21)/b9-7+. The lowest BCUT2D eigenvalue weighted by Crippen LogP contribution is -2.10. The van der Waals surface area contributed by atoms with Gasteiger partial charge in [0.2, 0.25) is 5.91 Å². The molecule has 0 heterocycles. The van der Waals surface area contributed by atoms with Gasteiger partial charge in [0.15, 0.2) is 0 Å². The van der Waals surface area contributed by atoms with Gasteiger partial charge in [0, 0.05) is 11.8 Å². The van der Waals surface area contributed by atoms with Gasteiger partial charge < -0.3 is 5.32 Å². The lowest BCUT2D eigenvalue weighted by Gasteiger charge is -2.09. The summed E-state index contributed by atoms with van der Waals surface area (Å²) in [6, 6.07) is 10.1. The van der Waals surface area contributed by atoms with Gasteiger partial charge in [0.1, 0.15) is 5.82 Å². The van der Waals surface area contributed by atoms with Gasteiger partial charge in [-0.25, -0.2) is 4.39 Å². The Hall–Kier alpha value is -2.13. The average Bonchev–Trinajstić information content (AvgIpc) is 2.44. The molecule has 108 valence electrons. The maximum atomic E-state index is 13.0. The molecule has 0 aromatic heterocycles. The largest absolute Gasteiger partial charge is 0.322 e. The Balaban J connectivity index is 2.11. The SMILES string of the molecule is Cc1cccc(C)c1NC(=O)/C=C/c1ccc(F)c(Cl)c1. The fourth-order valence-corrected chi connectivity index (χ4v) is 2.15. The van der Waals surface area contributed by atoms with E-state index >= 15 is 0 Å². The van der Waals surface area contributed by atoms with E-state index in [0.29, 0.717) is 5.56 Å². The van der Waals surface area contributed by atoms with E-state index < -0.39 is 5.82 Å². The van der Waals surface area contributed by atoms with Crippen LogP contribution in [0.4, 0.5) is 10.1 Å². The highest BCUT2D eigenvalue weighted by molar-refractivity contribution is 6.30. The minimum atomic E-state index is -0.478. The predicted molar refractivity (Wildman–Crippen MR) is 85.0 cm³/mol. The number of anilines is 1. The molecule has 1 amide bonds. The lowest BCUT2D eigenvalue weighted by molar-refractivity contribution is -0.111. The quantitative estimate of drug-likeness (QED) is 0.815. The first-order valence-corrected chi connectivity index (χ1v) is 6.85. The summed E-state index contributed by atoms with van der Waals surface area (Å²) in [6.45, 7) is 3.87. The summed E-state index contributed by atoms with van der Waals surface area (Å²) in [7, 11) is 0. The highest BCUT2D eigenvalue weighted by Gasteiger charge is 2.04. The number of benzene rings is 2. The highest BCUT2D eigenvalue weighted by atomic mass is 35.5. The molecular formula is C17H15ClFNO. The fourth-order valence-electron chi connectivity index (χ4n) is 1.96. The molecule has 0 aliphatic heterocycles. The predicted octanol–water partition coefficient (Wildman–Crippen LogP) is 4.75. The van der Waals surface area contributed by atoms with Crippen molar-refractivity contribution in [1.82, 2.24) is 0 Å². The zero-order chi connectivity index (χ0) is 15.4. The van der Waals surface area contributed by atoms with Crippen LogP contribution in [0.1, 0.15) is 16.7 Å². The Morgan fingerprint density at radius 3 is 2.48 bits per heavy atom. The fraction of sp³-hybridized carbons (Fsp3) is 0.118. The van der Waals surface area contributed by atoms with Crippen molar-refractivity contribution in [3.63, 3.8) is 0 Å². The summed E-state index contributed by atoms with van der Waals surface area (Å²) in [6.07, 6.45) is 2.99. The zero-order valence-corrected chi connectivity index (χ0v) is 12.5. The van der Waals surface area contributed by atoms with E-state index in [0.717, 1.165) is 16.8 Å². The molecule has 0 aliphatic carbocycles. The first-order chi connectivity index (χ1) is 9.97. The van der Waals surface area contributed by atoms with E-state index in [1.54, 1.807) is 12.1 Å². The van der Waals surface area contributed by atoms with Gasteiger partial charge in [-0.3, -0.25) is 4.79 Å². The topological polar surface area (TPSA) is 29.1 Å². The van der Waals surface area contributed by atoms with Gasteiger partial charge in [-0.15, -0.1) is 0 Å². The molecule has 0 aliphatic rings. The summed E-state index contributed by atoms with van der Waals surface area (Å²) in [5.41, 5.74) is 3.48. The molecule has 2 nitrogen and oxygen atoms in total. The Labute approximate surface area is 128 Å². The average molecular weight is 304 g/mol. The molecule has 0 unspecified atom stereocenters. The molecule has 0 atom stereocenters. The molecule has 0 radical (unpaired) electrons. The van der Waals surface area contributed by atoms with Crippen LogP contribution in [0, 0.1) is 19.7 Å². The maximum Gasteiger partial charge on any atom is 0.248 e. The van der Waals surface area contributed by atoms with E-state index in [1.165, 1.54) is 18.2 Å². The van der Waals surface area contributed by atoms with E-state index in [1.807, 2.05) is 32.0 Å². The number of hydrogen-bond donors (Lipinski definition) is 1. The molecule has 0 fully saturated rings. The van der Waals surface area contributed by atoms with E-state index in [9.17, 15) is 9.18 Å². The van der Waals surface area contributed by atoms with Gasteiger partial charge in [-0.2, -0.15) is 0 Å². The first-order valence-electron chi connectivity index (χ1n) is 6.47. The molecule has 4 heteroatoms. The van der Waals surface area contributed by atoms with Gasteiger partial charge in [0.25, 0.3) is 0 Å². The van der Waals surface area contributed by atoms with Crippen LogP contribution in [0.15, 0.2) is 42.5 Å². The summed E-state index contributed by atoms with van der Waals surface area (Å²) >= 11 is 5.69. The lowest BCUT2D eigenvalue weighted by atomic mass is 10.1. The molecule has 2 rings (SSSR count). The van der Waals surface area contributed by atoms with E-state index in [2.05, 4.69) is 5.32 Å². The smallest absolute Gasteiger partial charge is 0.248 e. The normalized spacial score (nSPS) is 10.9. The summed E-state index contributed by atoms with van der Waals surface area (Å²) in [5, 5.41) is 2.88. The summed E-state index contributed by atoms with van der Waals surface area (Å²) < 4.78 is 13.0. The van der Waals surface area contributed by atoms with Crippen molar-refractivity contribution in [3.05, 3.63) is 70.0 Å². The third kappa shape index (κ3) is 3.92. The van der Waals surface area contributed by atoms with Crippen LogP contribution in [0.3, 0.4) is 0 Å². The first kappa shape index (κ1) is 15.3. The number of amides is 1. The second-order valence-electron chi connectivity index (χ2n) is 4.76. The van der Waals surface area contributed by atoms with Gasteiger partial charge in [0.05, 0.1) is 5.02 Å². The van der Waals surface area contributed by atoms with Crippen molar-refractivity contribution in [2.75, 3.05) is 5.32 Å². The Bertz CT molecular complexity index is 690. The molecule has 2 aromatic carbocycles. The summed E-state index contributed by atoms with van der Waals surface area (Å²) in [5.74, 6) is -0.721. The van der Waals surface area contributed by atoms with Crippen LogP contribution in [-0.4, -0.2) is 5.91 Å². The maximum absolute atomic E-state index is 13.0. The van der Waals surface area contributed by atoms with Crippen LogP contribution >= 0.6 is 11.6 Å². The van der Waals surface area contributed by atoms with Crippen LogP contribution in [0.2, 0.25) is 5.02 Å². The minimum absolute atomic E-state index is 0.0345. The van der Waals surface area contributed by atoms with Gasteiger partial charge in [-0.05, 0) is 48.7 Å². The van der Waals surface area contributed by atoms with Gasteiger partial charge >= 0.3 is 0 Å². The Morgan fingerprint density at radius 2 is 1.86 bits per heavy atom. The van der Waals surface area contributed by atoms with Gasteiger partial charge in [-0.1, -0.05) is 35.9 Å². The third-order valence-electron chi connectivity index (χ3n) is 3.10. The number of para-hydroxylation sites is 1. The second kappa shape index (κ2) is 6.55. The zero-order valence-electron chi connectivity index (χ0n) is 11.8. The summed E-state index contributed by atoms with van der Waals surface area (Å²) in [4.78, 5) is 11.9. The van der Waals surface area contributed by atoms with Crippen molar-refractivity contribution in [2.45, 2.75) is 13.8 Å². The minimum Gasteiger partial charge on any atom is -0.322 e. The van der Waals surface area contributed by atoms with Crippen molar-refractivity contribution < 1.29 is 9.18 Å². The van der Waals surface area contributed by atoms with Crippen LogP contribution in [0.25, 0.3) is 6.08 Å². The molecule has 0 spiro atoms. The molecule has 0 saturated carbocycles.